The smallest absolute Gasteiger partial charge is 0.250 e. The van der Waals surface area contributed by atoms with Crippen LogP contribution in [0.1, 0.15) is 23.2 Å². The Morgan fingerprint density at radius 2 is 2.16 bits per heavy atom. The summed E-state index contributed by atoms with van der Waals surface area (Å²) in [7, 11) is 1.62. The number of anilines is 2. The van der Waals surface area contributed by atoms with Gasteiger partial charge in [-0.25, -0.2) is 0 Å². The zero-order valence-electron chi connectivity index (χ0n) is 10.8. The van der Waals surface area contributed by atoms with Gasteiger partial charge in [0.05, 0.1) is 5.56 Å². The number of likely N-dealkylation sites (N-methyl/N-ethyl adjacent to an activating group) is 1. The third-order valence-electron chi connectivity index (χ3n) is 3.44. The van der Waals surface area contributed by atoms with Gasteiger partial charge < -0.3 is 21.7 Å². The maximum atomic E-state index is 11.8. The van der Waals surface area contributed by atoms with Gasteiger partial charge in [-0.05, 0) is 31.0 Å². The molecule has 1 aromatic carbocycles. The average molecular weight is 262 g/mol. The van der Waals surface area contributed by atoms with Gasteiger partial charge in [-0.15, -0.1) is 0 Å². The Kier molecular flexibility index (Phi) is 3.59. The van der Waals surface area contributed by atoms with Crippen LogP contribution >= 0.6 is 0 Å². The van der Waals surface area contributed by atoms with Crippen LogP contribution in [-0.4, -0.2) is 31.4 Å². The normalized spacial score (nSPS) is 18.4. The Hall–Kier alpha value is -2.24. The van der Waals surface area contributed by atoms with Crippen molar-refractivity contribution in [1.29, 1.82) is 0 Å². The summed E-state index contributed by atoms with van der Waals surface area (Å²) in [5.41, 5.74) is 12.4. The lowest BCUT2D eigenvalue weighted by atomic mass is 10.1. The fourth-order valence-corrected chi connectivity index (χ4v) is 2.45. The second kappa shape index (κ2) is 5.17. The number of primary amides is 1. The van der Waals surface area contributed by atoms with E-state index in [1.165, 1.54) is 0 Å². The summed E-state index contributed by atoms with van der Waals surface area (Å²) in [6.07, 6.45) is 1.74. The van der Waals surface area contributed by atoms with Crippen molar-refractivity contribution >= 4 is 23.2 Å². The Labute approximate surface area is 111 Å². The number of nitrogens with one attached hydrogen (secondary N) is 1. The van der Waals surface area contributed by atoms with Crippen LogP contribution in [0.2, 0.25) is 0 Å². The molecule has 1 aromatic rings. The van der Waals surface area contributed by atoms with Crippen molar-refractivity contribution in [2.24, 2.45) is 5.73 Å². The molecule has 0 aromatic heterocycles. The van der Waals surface area contributed by atoms with Gasteiger partial charge in [0, 0.05) is 25.0 Å². The van der Waals surface area contributed by atoms with Crippen molar-refractivity contribution < 1.29 is 9.59 Å². The lowest BCUT2D eigenvalue weighted by Gasteiger charge is -2.26. The number of rotatable bonds is 3. The molecule has 1 aliphatic heterocycles. The van der Waals surface area contributed by atoms with E-state index in [1.807, 2.05) is 11.0 Å². The fourth-order valence-electron chi connectivity index (χ4n) is 2.45. The number of nitrogens with zero attached hydrogens (tertiary/aromatic N) is 1. The largest absolute Gasteiger partial charge is 0.398 e. The van der Waals surface area contributed by atoms with Gasteiger partial charge in [0.15, 0.2) is 0 Å². The number of carbonyl (C=O) groups excluding carboxylic acids is 2. The highest BCUT2D eigenvalue weighted by molar-refractivity contribution is 5.99. The summed E-state index contributed by atoms with van der Waals surface area (Å²) in [6, 6.07) is 4.91. The minimum Gasteiger partial charge on any atom is -0.398 e. The topological polar surface area (TPSA) is 101 Å². The van der Waals surface area contributed by atoms with Crippen molar-refractivity contribution in [2.75, 3.05) is 24.2 Å². The summed E-state index contributed by atoms with van der Waals surface area (Å²) in [5.74, 6) is -0.579. The molecule has 6 heteroatoms. The van der Waals surface area contributed by atoms with E-state index < -0.39 is 5.91 Å². The molecule has 1 atom stereocenters. The molecule has 6 nitrogen and oxygen atoms in total. The Balaban J connectivity index is 2.33. The van der Waals surface area contributed by atoms with E-state index in [0.29, 0.717) is 11.3 Å². The van der Waals surface area contributed by atoms with E-state index in [1.54, 1.807) is 19.2 Å². The summed E-state index contributed by atoms with van der Waals surface area (Å²) in [4.78, 5) is 25.1. The molecule has 0 spiro atoms. The number of nitrogen functional groups attached to an aromatic ring is 1. The lowest BCUT2D eigenvalue weighted by molar-refractivity contribution is -0.121. The molecule has 1 heterocycles. The maximum absolute atomic E-state index is 11.8. The number of hydrogen-bond donors (Lipinski definition) is 3. The molecule has 2 amide bonds. The Morgan fingerprint density at radius 1 is 1.42 bits per heavy atom. The zero-order chi connectivity index (χ0) is 14.0. The van der Waals surface area contributed by atoms with Crippen molar-refractivity contribution in [3.8, 4) is 0 Å². The van der Waals surface area contributed by atoms with Crippen LogP contribution in [0, 0.1) is 0 Å². The van der Waals surface area contributed by atoms with E-state index in [2.05, 4.69) is 5.32 Å². The van der Waals surface area contributed by atoms with Crippen LogP contribution in [0.15, 0.2) is 18.2 Å². The quantitative estimate of drug-likeness (QED) is 0.671. The molecular formula is C13H18N4O2. The van der Waals surface area contributed by atoms with Crippen LogP contribution in [-0.2, 0) is 4.79 Å². The minimum atomic E-state index is -0.560. The van der Waals surface area contributed by atoms with Gasteiger partial charge in [-0.2, -0.15) is 0 Å². The third kappa shape index (κ3) is 2.47. The zero-order valence-corrected chi connectivity index (χ0v) is 10.8. The highest BCUT2D eigenvalue weighted by Crippen LogP contribution is 2.28. The molecule has 1 fully saturated rings. The second-order valence-electron chi connectivity index (χ2n) is 4.60. The predicted octanol–water partition coefficient (Wildman–Crippen LogP) is 0.0825. The SMILES string of the molecule is CNC(=O)C1CCCN1c1ccc(N)c(C(N)=O)c1. The van der Waals surface area contributed by atoms with Crippen LogP contribution < -0.4 is 21.7 Å². The van der Waals surface area contributed by atoms with Gasteiger partial charge in [0.25, 0.3) is 5.91 Å². The predicted molar refractivity (Wildman–Crippen MR) is 73.8 cm³/mol. The van der Waals surface area contributed by atoms with Gasteiger partial charge >= 0.3 is 0 Å². The van der Waals surface area contributed by atoms with E-state index in [0.717, 1.165) is 25.1 Å². The molecule has 2 rings (SSSR count). The number of nitrogens with two attached hydrogens (primary N) is 2. The lowest BCUT2D eigenvalue weighted by Crippen LogP contribution is -2.42. The molecular weight excluding hydrogens is 244 g/mol. The molecule has 5 N–H and O–H groups in total. The summed E-state index contributed by atoms with van der Waals surface area (Å²) in [5, 5.41) is 2.66. The first kappa shape index (κ1) is 13.2. The van der Waals surface area contributed by atoms with Crippen LogP contribution in [0.4, 0.5) is 11.4 Å². The number of amides is 2. The average Bonchev–Trinajstić information content (AvgIpc) is 2.87. The van der Waals surface area contributed by atoms with Gasteiger partial charge in [-0.3, -0.25) is 9.59 Å². The minimum absolute atomic E-state index is 0.0186. The first-order chi connectivity index (χ1) is 9.04. The van der Waals surface area contributed by atoms with Crippen LogP contribution in [0.25, 0.3) is 0 Å². The molecule has 0 saturated carbocycles. The van der Waals surface area contributed by atoms with Crippen LogP contribution in [0.5, 0.6) is 0 Å². The molecule has 0 aliphatic carbocycles. The second-order valence-corrected chi connectivity index (χ2v) is 4.60. The first-order valence-electron chi connectivity index (χ1n) is 6.22. The van der Waals surface area contributed by atoms with Crippen molar-refractivity contribution in [2.45, 2.75) is 18.9 Å². The molecule has 0 radical (unpaired) electrons. The maximum Gasteiger partial charge on any atom is 0.250 e. The van der Waals surface area contributed by atoms with E-state index in [9.17, 15) is 9.59 Å². The standard InChI is InChI=1S/C13H18N4O2/c1-16-13(19)11-3-2-6-17(11)8-4-5-10(14)9(7-8)12(15)18/h4-5,7,11H,2-3,6,14H2,1H3,(H2,15,18)(H,16,19). The van der Waals surface area contributed by atoms with Crippen molar-refractivity contribution in [1.82, 2.24) is 5.32 Å². The monoisotopic (exact) mass is 262 g/mol. The van der Waals surface area contributed by atoms with Gasteiger partial charge in [0.1, 0.15) is 6.04 Å². The van der Waals surface area contributed by atoms with Crippen molar-refractivity contribution in [3.63, 3.8) is 0 Å². The molecule has 0 bridgehead atoms. The van der Waals surface area contributed by atoms with E-state index in [4.69, 9.17) is 11.5 Å². The molecule has 1 saturated heterocycles. The fraction of sp³-hybridized carbons (Fsp3) is 0.385. The van der Waals surface area contributed by atoms with E-state index >= 15 is 0 Å². The van der Waals surface area contributed by atoms with Crippen LogP contribution in [0.3, 0.4) is 0 Å². The summed E-state index contributed by atoms with van der Waals surface area (Å²) in [6.45, 7) is 0.778. The molecule has 19 heavy (non-hydrogen) atoms. The number of hydrogen-bond acceptors (Lipinski definition) is 4. The molecule has 102 valence electrons. The summed E-state index contributed by atoms with van der Waals surface area (Å²) < 4.78 is 0. The Morgan fingerprint density at radius 3 is 2.79 bits per heavy atom. The number of carbonyl (C=O) groups is 2. The number of benzene rings is 1. The Bertz CT molecular complexity index is 515. The molecule has 1 unspecified atom stereocenters. The first-order valence-corrected chi connectivity index (χ1v) is 6.22. The van der Waals surface area contributed by atoms with Gasteiger partial charge in [-0.1, -0.05) is 0 Å². The van der Waals surface area contributed by atoms with Crippen molar-refractivity contribution in [3.05, 3.63) is 23.8 Å². The summed E-state index contributed by atoms with van der Waals surface area (Å²) >= 11 is 0. The van der Waals surface area contributed by atoms with Gasteiger partial charge in [0.2, 0.25) is 5.91 Å². The third-order valence-corrected chi connectivity index (χ3v) is 3.44. The highest BCUT2D eigenvalue weighted by Gasteiger charge is 2.30. The van der Waals surface area contributed by atoms with E-state index in [-0.39, 0.29) is 11.9 Å². The highest BCUT2D eigenvalue weighted by atomic mass is 16.2. The molecule has 1 aliphatic rings.